The summed E-state index contributed by atoms with van der Waals surface area (Å²) in [4.78, 5) is 21.9. The number of hydrogen-bond donors (Lipinski definition) is 2. The van der Waals surface area contributed by atoms with E-state index in [4.69, 9.17) is 10.8 Å². The van der Waals surface area contributed by atoms with Gasteiger partial charge in [-0.25, -0.2) is 0 Å². The van der Waals surface area contributed by atoms with Crippen LogP contribution in [0.15, 0.2) is 0 Å². The Morgan fingerprint density at radius 1 is 1.24 bits per heavy atom. The summed E-state index contributed by atoms with van der Waals surface area (Å²) in [5, 5.41) is 8.98. The molecule has 0 aliphatic heterocycles. The number of alkyl halides is 1. The second-order valence-corrected chi connectivity index (χ2v) is 4.38. The van der Waals surface area contributed by atoms with Crippen molar-refractivity contribution in [2.75, 3.05) is 6.67 Å². The second kappa shape index (κ2) is 9.10. The molecule has 0 saturated heterocycles. The number of carbonyl (C=O) groups is 2. The summed E-state index contributed by atoms with van der Waals surface area (Å²) < 4.78 is 11.8. The van der Waals surface area contributed by atoms with Crippen molar-refractivity contribution in [3.8, 4) is 0 Å². The first kappa shape index (κ1) is 16.0. The highest BCUT2D eigenvalue weighted by Crippen LogP contribution is 2.16. The van der Waals surface area contributed by atoms with Gasteiger partial charge in [0.2, 0.25) is 0 Å². The molecule has 2 unspecified atom stereocenters. The number of hydrogen-bond acceptors (Lipinski definition) is 3. The van der Waals surface area contributed by atoms with Gasteiger partial charge in [0, 0.05) is 0 Å². The lowest BCUT2D eigenvalue weighted by Gasteiger charge is -2.15. The SMILES string of the molecule is CC(=O)C(N)CC(CCCCCC[18F])C(=O)O. The van der Waals surface area contributed by atoms with Crippen molar-refractivity contribution >= 4 is 11.8 Å². The zero-order chi connectivity index (χ0) is 13.3. The fraction of sp³-hybridized carbons (Fsp3) is 0.833. The summed E-state index contributed by atoms with van der Waals surface area (Å²) in [7, 11) is 0. The maximum Gasteiger partial charge on any atom is 0.306 e. The van der Waals surface area contributed by atoms with Crippen LogP contribution in [-0.4, -0.2) is 29.6 Å². The van der Waals surface area contributed by atoms with E-state index in [0.717, 1.165) is 19.3 Å². The molecule has 0 radical (unpaired) electrons. The summed E-state index contributed by atoms with van der Waals surface area (Å²) in [5.41, 5.74) is 5.54. The van der Waals surface area contributed by atoms with E-state index in [0.29, 0.717) is 12.8 Å². The quantitative estimate of drug-likeness (QED) is 0.577. The van der Waals surface area contributed by atoms with E-state index in [1.807, 2.05) is 0 Å². The number of ketones is 1. The highest BCUT2D eigenvalue weighted by atomic mass is 18.2. The minimum absolute atomic E-state index is 0.186. The third-order valence-corrected chi connectivity index (χ3v) is 2.85. The largest absolute Gasteiger partial charge is 0.481 e. The zero-order valence-corrected chi connectivity index (χ0v) is 10.3. The third-order valence-electron chi connectivity index (χ3n) is 2.85. The highest BCUT2D eigenvalue weighted by molar-refractivity contribution is 5.82. The van der Waals surface area contributed by atoms with Crippen LogP contribution in [0.2, 0.25) is 0 Å². The summed E-state index contributed by atoms with van der Waals surface area (Å²) in [5.74, 6) is -1.67. The Morgan fingerprint density at radius 3 is 2.29 bits per heavy atom. The minimum atomic E-state index is -0.910. The Morgan fingerprint density at radius 2 is 1.82 bits per heavy atom. The van der Waals surface area contributed by atoms with Crippen LogP contribution in [0.5, 0.6) is 0 Å². The Kier molecular flexibility index (Phi) is 8.58. The van der Waals surface area contributed by atoms with Crippen molar-refractivity contribution in [2.24, 2.45) is 11.7 Å². The fourth-order valence-corrected chi connectivity index (χ4v) is 1.65. The van der Waals surface area contributed by atoms with E-state index in [1.54, 1.807) is 0 Å². The van der Waals surface area contributed by atoms with Gasteiger partial charge in [-0.05, 0) is 26.2 Å². The Bertz CT molecular complexity index is 246. The highest BCUT2D eigenvalue weighted by Gasteiger charge is 2.22. The monoisotopic (exact) mass is 246 g/mol. The topological polar surface area (TPSA) is 80.4 Å². The van der Waals surface area contributed by atoms with Gasteiger partial charge in [-0.15, -0.1) is 0 Å². The van der Waals surface area contributed by atoms with Crippen LogP contribution in [0.3, 0.4) is 0 Å². The maximum absolute atomic E-state index is 11.8. The number of carbonyl (C=O) groups excluding carboxylic acids is 1. The van der Waals surface area contributed by atoms with Crippen molar-refractivity contribution in [2.45, 2.75) is 51.5 Å². The number of nitrogens with two attached hydrogens (primary N) is 1. The van der Waals surface area contributed by atoms with Crippen molar-refractivity contribution in [3.05, 3.63) is 0 Å². The van der Waals surface area contributed by atoms with Gasteiger partial charge in [0.25, 0.3) is 0 Å². The van der Waals surface area contributed by atoms with Gasteiger partial charge in [0.1, 0.15) is 5.78 Å². The van der Waals surface area contributed by atoms with E-state index in [-0.39, 0.29) is 18.9 Å². The summed E-state index contributed by atoms with van der Waals surface area (Å²) in [6.07, 6.45) is 3.56. The molecule has 4 nitrogen and oxygen atoms in total. The molecule has 0 aromatic rings. The summed E-state index contributed by atoms with van der Waals surface area (Å²) in [6.45, 7) is 1.04. The lowest BCUT2D eigenvalue weighted by atomic mass is 9.93. The Balaban J connectivity index is 3.91. The number of carboxylic acids is 1. The first-order chi connectivity index (χ1) is 7.99. The number of unbranched alkanes of at least 4 members (excludes halogenated alkanes) is 3. The molecule has 0 heterocycles. The lowest BCUT2D eigenvalue weighted by molar-refractivity contribution is -0.142. The number of aliphatic carboxylic acids is 1. The molecule has 0 amide bonds. The molecule has 0 spiro atoms. The molecular weight excluding hydrogens is 224 g/mol. The summed E-state index contributed by atoms with van der Waals surface area (Å²) in [6, 6.07) is -0.693. The molecule has 2 atom stereocenters. The van der Waals surface area contributed by atoms with Crippen molar-refractivity contribution < 1.29 is 19.1 Å². The van der Waals surface area contributed by atoms with E-state index in [1.165, 1.54) is 6.92 Å². The van der Waals surface area contributed by atoms with Crippen molar-refractivity contribution in [1.29, 1.82) is 0 Å². The third kappa shape index (κ3) is 7.85. The van der Waals surface area contributed by atoms with Crippen LogP contribution in [-0.2, 0) is 9.59 Å². The molecule has 0 bridgehead atoms. The van der Waals surface area contributed by atoms with Gasteiger partial charge >= 0.3 is 5.97 Å². The van der Waals surface area contributed by atoms with Crippen LogP contribution in [0, 0.1) is 5.92 Å². The number of Topliss-reactive ketones (excluding diaryl/α,β-unsaturated/α-hetero) is 1. The molecule has 0 aliphatic rings. The van der Waals surface area contributed by atoms with E-state index >= 15 is 0 Å². The van der Waals surface area contributed by atoms with Gasteiger partial charge in [0.15, 0.2) is 0 Å². The molecule has 3 N–H and O–H groups in total. The zero-order valence-electron chi connectivity index (χ0n) is 10.3. The van der Waals surface area contributed by atoms with Crippen LogP contribution < -0.4 is 5.73 Å². The number of rotatable bonds is 10. The number of halogens is 1. The van der Waals surface area contributed by atoms with Crippen LogP contribution in [0.25, 0.3) is 0 Å². The molecule has 0 aromatic heterocycles. The van der Waals surface area contributed by atoms with Gasteiger partial charge in [0.05, 0.1) is 18.6 Å². The average molecular weight is 246 g/mol. The first-order valence-corrected chi connectivity index (χ1v) is 6.03. The van der Waals surface area contributed by atoms with E-state index in [2.05, 4.69) is 0 Å². The Hall–Kier alpha value is -0.970. The van der Waals surface area contributed by atoms with E-state index in [9.17, 15) is 14.0 Å². The summed E-state index contributed by atoms with van der Waals surface area (Å²) >= 11 is 0. The smallest absolute Gasteiger partial charge is 0.306 e. The Labute approximate surface area is 101 Å². The van der Waals surface area contributed by atoms with Gasteiger partial charge < -0.3 is 10.8 Å². The fourth-order valence-electron chi connectivity index (χ4n) is 1.65. The number of carboxylic acid groups (broad SMARTS) is 1. The molecule has 0 saturated carbocycles. The predicted molar refractivity (Wildman–Crippen MR) is 63.5 cm³/mol. The molecular formula is C12H22FNO3. The van der Waals surface area contributed by atoms with Crippen LogP contribution in [0.4, 0.5) is 4.39 Å². The van der Waals surface area contributed by atoms with E-state index < -0.39 is 17.9 Å². The van der Waals surface area contributed by atoms with Gasteiger partial charge in [-0.2, -0.15) is 0 Å². The maximum atomic E-state index is 11.8. The lowest BCUT2D eigenvalue weighted by Crippen LogP contribution is -2.33. The second-order valence-electron chi connectivity index (χ2n) is 4.38. The molecule has 0 aliphatic carbocycles. The normalized spacial score (nSPS) is 14.3. The van der Waals surface area contributed by atoms with Crippen molar-refractivity contribution in [3.63, 3.8) is 0 Å². The van der Waals surface area contributed by atoms with Gasteiger partial charge in [-0.1, -0.05) is 19.3 Å². The molecule has 0 fully saturated rings. The molecule has 0 rings (SSSR count). The van der Waals surface area contributed by atoms with Gasteiger partial charge in [-0.3, -0.25) is 14.0 Å². The molecule has 17 heavy (non-hydrogen) atoms. The minimum Gasteiger partial charge on any atom is -0.481 e. The molecule has 0 aromatic carbocycles. The van der Waals surface area contributed by atoms with Crippen LogP contribution in [0.1, 0.15) is 45.4 Å². The van der Waals surface area contributed by atoms with Crippen LogP contribution >= 0.6 is 0 Å². The molecule has 100 valence electrons. The predicted octanol–water partition coefficient (Wildman–Crippen LogP) is 1.91. The standard InChI is InChI=1S/C12H22FNO3/c1-9(15)11(14)8-10(12(16)17)6-4-2-3-5-7-13/h10-11H,2-8,14H2,1H3,(H,16,17)/i13-1. The average Bonchev–Trinajstić information content (AvgIpc) is 2.26. The molecule has 5 heteroatoms. The van der Waals surface area contributed by atoms with Crippen molar-refractivity contribution in [1.82, 2.24) is 0 Å². The first-order valence-electron chi connectivity index (χ1n) is 6.03.